The Morgan fingerprint density at radius 1 is 1.29 bits per heavy atom. The molecule has 0 aromatic heterocycles. The minimum absolute atomic E-state index is 0.0246. The lowest BCUT2D eigenvalue weighted by Gasteiger charge is -2.33. The van der Waals surface area contributed by atoms with Crippen LogP contribution in [0.2, 0.25) is 5.02 Å². The molecule has 0 unspecified atom stereocenters. The summed E-state index contributed by atoms with van der Waals surface area (Å²) in [6.07, 6.45) is 3.53. The minimum atomic E-state index is -3.64. The molecule has 0 amide bonds. The SMILES string of the molecule is CNC1CCC(N(C)S(=O)(=O)c2ccc(F)c(Cl)c2)CC1. The number of hydrogen-bond acceptors (Lipinski definition) is 3. The Kier molecular flexibility index (Phi) is 5.24. The van der Waals surface area contributed by atoms with Gasteiger partial charge >= 0.3 is 0 Å². The molecule has 7 heteroatoms. The fraction of sp³-hybridized carbons (Fsp3) is 0.571. The molecule has 1 fully saturated rings. The molecule has 0 atom stereocenters. The Labute approximate surface area is 130 Å². The minimum Gasteiger partial charge on any atom is -0.317 e. The fourth-order valence-corrected chi connectivity index (χ4v) is 4.42. The molecule has 1 aromatic carbocycles. The maximum Gasteiger partial charge on any atom is 0.243 e. The number of benzene rings is 1. The summed E-state index contributed by atoms with van der Waals surface area (Å²) in [6, 6.07) is 3.94. The van der Waals surface area contributed by atoms with Gasteiger partial charge in [-0.1, -0.05) is 11.6 Å². The molecule has 1 aliphatic carbocycles. The molecule has 1 aliphatic rings. The molecule has 4 nitrogen and oxygen atoms in total. The Morgan fingerprint density at radius 2 is 1.90 bits per heavy atom. The highest BCUT2D eigenvalue weighted by molar-refractivity contribution is 7.89. The third-order valence-electron chi connectivity index (χ3n) is 4.19. The van der Waals surface area contributed by atoms with E-state index in [0.29, 0.717) is 6.04 Å². The molecule has 1 aromatic rings. The summed E-state index contributed by atoms with van der Waals surface area (Å²) in [7, 11) is -0.137. The molecule has 0 spiro atoms. The smallest absolute Gasteiger partial charge is 0.243 e. The Bertz CT molecular complexity index is 601. The number of halogens is 2. The average molecular weight is 335 g/mol. The van der Waals surface area contributed by atoms with E-state index in [4.69, 9.17) is 11.6 Å². The maximum absolute atomic E-state index is 13.2. The van der Waals surface area contributed by atoms with E-state index in [1.165, 1.54) is 16.4 Å². The highest BCUT2D eigenvalue weighted by atomic mass is 35.5. The van der Waals surface area contributed by atoms with Crippen molar-refractivity contribution >= 4 is 21.6 Å². The summed E-state index contributed by atoms with van der Waals surface area (Å²) in [5, 5.41) is 3.04. The van der Waals surface area contributed by atoms with Crippen LogP contribution in [0.1, 0.15) is 25.7 Å². The van der Waals surface area contributed by atoms with Crippen LogP contribution in [-0.2, 0) is 10.0 Å². The van der Waals surface area contributed by atoms with Gasteiger partial charge in [0.2, 0.25) is 10.0 Å². The van der Waals surface area contributed by atoms with Crippen LogP contribution >= 0.6 is 11.6 Å². The van der Waals surface area contributed by atoms with Gasteiger partial charge in [0.05, 0.1) is 9.92 Å². The normalized spacial score (nSPS) is 23.5. The van der Waals surface area contributed by atoms with Crippen molar-refractivity contribution in [1.29, 1.82) is 0 Å². The first kappa shape index (κ1) is 16.7. The van der Waals surface area contributed by atoms with Crippen LogP contribution in [0.3, 0.4) is 0 Å². The van der Waals surface area contributed by atoms with Gasteiger partial charge in [-0.15, -0.1) is 0 Å². The predicted molar refractivity (Wildman–Crippen MR) is 81.5 cm³/mol. The largest absolute Gasteiger partial charge is 0.317 e. The first-order chi connectivity index (χ1) is 9.86. The first-order valence-corrected chi connectivity index (χ1v) is 8.78. The third-order valence-corrected chi connectivity index (χ3v) is 6.38. The Hall–Kier alpha value is -0.690. The second-order valence-electron chi connectivity index (χ2n) is 5.39. The lowest BCUT2D eigenvalue weighted by atomic mass is 9.91. The van der Waals surface area contributed by atoms with Crippen molar-refractivity contribution in [3.63, 3.8) is 0 Å². The van der Waals surface area contributed by atoms with Gasteiger partial charge in [-0.05, 0) is 50.9 Å². The van der Waals surface area contributed by atoms with Crippen LogP contribution in [-0.4, -0.2) is 38.9 Å². The van der Waals surface area contributed by atoms with Crippen molar-refractivity contribution in [1.82, 2.24) is 9.62 Å². The van der Waals surface area contributed by atoms with E-state index >= 15 is 0 Å². The number of rotatable bonds is 4. The number of nitrogens with one attached hydrogen (secondary N) is 1. The van der Waals surface area contributed by atoms with Gasteiger partial charge < -0.3 is 5.32 Å². The molecule has 0 radical (unpaired) electrons. The highest BCUT2D eigenvalue weighted by Gasteiger charge is 2.31. The van der Waals surface area contributed by atoms with Gasteiger partial charge in [0, 0.05) is 19.1 Å². The molecular weight excluding hydrogens is 315 g/mol. The van der Waals surface area contributed by atoms with Crippen LogP contribution in [0, 0.1) is 5.82 Å². The zero-order valence-corrected chi connectivity index (χ0v) is 13.7. The third kappa shape index (κ3) is 3.56. The van der Waals surface area contributed by atoms with E-state index in [9.17, 15) is 12.8 Å². The lowest BCUT2D eigenvalue weighted by molar-refractivity contribution is 0.255. The molecule has 1 N–H and O–H groups in total. The summed E-state index contributed by atoms with van der Waals surface area (Å²) >= 11 is 5.68. The molecule has 1 saturated carbocycles. The Balaban J connectivity index is 2.17. The summed E-state index contributed by atoms with van der Waals surface area (Å²) < 4.78 is 39.7. The molecule has 2 rings (SSSR count). The summed E-state index contributed by atoms with van der Waals surface area (Å²) in [5.74, 6) is -0.618. The van der Waals surface area contributed by atoms with Crippen LogP contribution < -0.4 is 5.32 Å². The predicted octanol–water partition coefficient (Wildman–Crippen LogP) is 2.63. The summed E-state index contributed by atoms with van der Waals surface area (Å²) in [4.78, 5) is 0.0344. The molecule has 118 valence electrons. The van der Waals surface area contributed by atoms with Crippen molar-refractivity contribution in [3.05, 3.63) is 29.0 Å². The van der Waals surface area contributed by atoms with Gasteiger partial charge in [0.25, 0.3) is 0 Å². The van der Waals surface area contributed by atoms with Gasteiger partial charge in [0.1, 0.15) is 5.82 Å². The Morgan fingerprint density at radius 3 is 2.43 bits per heavy atom. The molecular formula is C14H20ClFN2O2S. The van der Waals surface area contributed by atoms with Gasteiger partial charge in [-0.3, -0.25) is 0 Å². The van der Waals surface area contributed by atoms with E-state index in [1.807, 2.05) is 7.05 Å². The van der Waals surface area contributed by atoms with Crippen molar-refractivity contribution in [3.8, 4) is 0 Å². The zero-order valence-electron chi connectivity index (χ0n) is 12.1. The second kappa shape index (κ2) is 6.60. The molecule has 0 saturated heterocycles. The quantitative estimate of drug-likeness (QED) is 0.921. The molecule has 0 heterocycles. The molecule has 21 heavy (non-hydrogen) atoms. The van der Waals surface area contributed by atoms with Crippen molar-refractivity contribution in [2.24, 2.45) is 0 Å². The van der Waals surface area contributed by atoms with Gasteiger partial charge in [0.15, 0.2) is 0 Å². The van der Waals surface area contributed by atoms with E-state index in [-0.39, 0.29) is 16.0 Å². The van der Waals surface area contributed by atoms with E-state index in [2.05, 4.69) is 5.32 Å². The highest BCUT2D eigenvalue weighted by Crippen LogP contribution is 2.28. The van der Waals surface area contributed by atoms with Gasteiger partial charge in [-0.2, -0.15) is 4.31 Å². The maximum atomic E-state index is 13.2. The van der Waals surface area contributed by atoms with Crippen LogP contribution in [0.5, 0.6) is 0 Å². The fourth-order valence-electron chi connectivity index (χ4n) is 2.73. The second-order valence-corrected chi connectivity index (χ2v) is 7.80. The standard InChI is InChI=1S/C14H20ClFN2O2S/c1-17-10-3-5-11(6-4-10)18(2)21(19,20)12-7-8-14(16)13(15)9-12/h7-11,17H,3-6H2,1-2H3. The van der Waals surface area contributed by atoms with E-state index in [0.717, 1.165) is 31.7 Å². The summed E-state index contributed by atoms with van der Waals surface area (Å²) in [6.45, 7) is 0. The number of sulfonamides is 1. The average Bonchev–Trinajstić information content (AvgIpc) is 2.49. The van der Waals surface area contributed by atoms with Crippen molar-refractivity contribution in [2.45, 2.75) is 42.7 Å². The molecule has 0 bridgehead atoms. The number of nitrogens with zero attached hydrogens (tertiary/aromatic N) is 1. The zero-order chi connectivity index (χ0) is 15.6. The number of hydrogen-bond donors (Lipinski definition) is 1. The van der Waals surface area contributed by atoms with Crippen LogP contribution in [0.4, 0.5) is 4.39 Å². The van der Waals surface area contributed by atoms with Crippen molar-refractivity contribution in [2.75, 3.05) is 14.1 Å². The van der Waals surface area contributed by atoms with Crippen LogP contribution in [0.15, 0.2) is 23.1 Å². The van der Waals surface area contributed by atoms with Gasteiger partial charge in [-0.25, -0.2) is 12.8 Å². The lowest BCUT2D eigenvalue weighted by Crippen LogP contribution is -2.42. The monoisotopic (exact) mass is 334 g/mol. The van der Waals surface area contributed by atoms with E-state index in [1.54, 1.807) is 7.05 Å². The van der Waals surface area contributed by atoms with E-state index < -0.39 is 15.8 Å². The summed E-state index contributed by atoms with van der Waals surface area (Å²) in [5.41, 5.74) is 0. The molecule has 0 aliphatic heterocycles. The van der Waals surface area contributed by atoms with Crippen molar-refractivity contribution < 1.29 is 12.8 Å². The topological polar surface area (TPSA) is 49.4 Å². The first-order valence-electron chi connectivity index (χ1n) is 6.96. The van der Waals surface area contributed by atoms with Crippen LogP contribution in [0.25, 0.3) is 0 Å².